The molecule has 1 heterocycles. The number of nitrogens with zero attached hydrogens (tertiary/aromatic N) is 1. The van der Waals surface area contributed by atoms with Gasteiger partial charge in [0.15, 0.2) is 0 Å². The Morgan fingerprint density at radius 1 is 1.47 bits per heavy atom. The van der Waals surface area contributed by atoms with Gasteiger partial charge < -0.3 is 14.7 Å². The van der Waals surface area contributed by atoms with E-state index in [-0.39, 0.29) is 17.8 Å². The van der Waals surface area contributed by atoms with Gasteiger partial charge in [-0.15, -0.1) is 0 Å². The van der Waals surface area contributed by atoms with Crippen molar-refractivity contribution in [2.75, 3.05) is 37.8 Å². The molecule has 4 heteroatoms. The minimum atomic E-state index is -0.228. The smallest absolute Gasteiger partial charge is 0.125 e. The summed E-state index contributed by atoms with van der Waals surface area (Å²) in [4.78, 5) is 2.11. The van der Waals surface area contributed by atoms with Crippen LogP contribution in [0.25, 0.3) is 0 Å². The first kappa shape index (κ1) is 14.3. The van der Waals surface area contributed by atoms with Gasteiger partial charge >= 0.3 is 0 Å². The zero-order valence-electron chi connectivity index (χ0n) is 11.4. The fourth-order valence-electron chi connectivity index (χ4n) is 2.67. The summed E-state index contributed by atoms with van der Waals surface area (Å²) >= 11 is 0. The third kappa shape index (κ3) is 3.45. The summed E-state index contributed by atoms with van der Waals surface area (Å²) < 4.78 is 18.8. The Morgan fingerprint density at radius 2 is 2.32 bits per heavy atom. The van der Waals surface area contributed by atoms with Crippen LogP contribution in [0.5, 0.6) is 0 Å². The molecule has 1 fully saturated rings. The maximum absolute atomic E-state index is 13.3. The zero-order chi connectivity index (χ0) is 13.7. The molecular formula is C15H22FNO2. The predicted molar refractivity (Wildman–Crippen MR) is 73.9 cm³/mol. The van der Waals surface area contributed by atoms with Crippen LogP contribution >= 0.6 is 0 Å². The van der Waals surface area contributed by atoms with Crippen LogP contribution in [0.2, 0.25) is 0 Å². The van der Waals surface area contributed by atoms with Crippen LogP contribution in [0.15, 0.2) is 24.3 Å². The third-order valence-corrected chi connectivity index (χ3v) is 3.82. The van der Waals surface area contributed by atoms with Crippen LogP contribution in [-0.4, -0.2) is 38.0 Å². The van der Waals surface area contributed by atoms with Gasteiger partial charge in [0.1, 0.15) is 5.82 Å². The number of aliphatic hydroxyl groups excluding tert-OH is 1. The Labute approximate surface area is 114 Å². The number of aliphatic hydroxyl groups is 1. The maximum Gasteiger partial charge on any atom is 0.125 e. The van der Waals surface area contributed by atoms with Gasteiger partial charge in [-0.1, -0.05) is 6.07 Å². The topological polar surface area (TPSA) is 32.7 Å². The molecule has 0 aromatic heterocycles. The number of hydrogen-bond donors (Lipinski definition) is 1. The molecular weight excluding hydrogens is 245 g/mol. The van der Waals surface area contributed by atoms with E-state index in [0.29, 0.717) is 13.2 Å². The van der Waals surface area contributed by atoms with Gasteiger partial charge in [0.2, 0.25) is 0 Å². The summed E-state index contributed by atoms with van der Waals surface area (Å²) in [6, 6.07) is 6.61. The van der Waals surface area contributed by atoms with Gasteiger partial charge in [0.05, 0.1) is 13.2 Å². The van der Waals surface area contributed by atoms with Gasteiger partial charge in [0.25, 0.3) is 0 Å². The Kier molecular flexibility index (Phi) is 4.77. The molecule has 1 aromatic rings. The molecule has 3 nitrogen and oxygen atoms in total. The molecule has 0 saturated carbocycles. The van der Waals surface area contributed by atoms with Gasteiger partial charge in [-0.05, 0) is 38.0 Å². The van der Waals surface area contributed by atoms with Crippen LogP contribution in [0.1, 0.15) is 19.8 Å². The summed E-state index contributed by atoms with van der Waals surface area (Å²) in [6.07, 6.45) is 1.93. The summed E-state index contributed by atoms with van der Waals surface area (Å²) in [5, 5.41) is 9.71. The molecule has 2 rings (SSSR count). The first-order chi connectivity index (χ1) is 9.19. The first-order valence-electron chi connectivity index (χ1n) is 6.88. The lowest BCUT2D eigenvalue weighted by Crippen LogP contribution is -2.45. The number of ether oxygens (including phenoxy) is 1. The van der Waals surface area contributed by atoms with Crippen molar-refractivity contribution in [2.24, 2.45) is 5.41 Å². The molecule has 0 bridgehead atoms. The van der Waals surface area contributed by atoms with Crippen LogP contribution < -0.4 is 4.90 Å². The third-order valence-electron chi connectivity index (χ3n) is 3.82. The molecule has 0 radical (unpaired) electrons. The highest BCUT2D eigenvalue weighted by molar-refractivity contribution is 5.46. The SMILES string of the molecule is CCN(CC1(CO)CCCOC1)c1cccc(F)c1. The zero-order valence-corrected chi connectivity index (χ0v) is 11.4. The van der Waals surface area contributed by atoms with E-state index < -0.39 is 0 Å². The second kappa shape index (κ2) is 6.35. The van der Waals surface area contributed by atoms with E-state index in [4.69, 9.17) is 4.74 Å². The lowest BCUT2D eigenvalue weighted by Gasteiger charge is -2.40. The number of benzene rings is 1. The molecule has 0 aliphatic carbocycles. The molecule has 106 valence electrons. The number of hydrogen-bond acceptors (Lipinski definition) is 3. The molecule has 1 atom stereocenters. The van der Waals surface area contributed by atoms with E-state index in [1.807, 2.05) is 13.0 Å². The van der Waals surface area contributed by atoms with Crippen molar-refractivity contribution in [3.05, 3.63) is 30.1 Å². The van der Waals surface area contributed by atoms with Crippen molar-refractivity contribution in [1.29, 1.82) is 0 Å². The van der Waals surface area contributed by atoms with E-state index in [1.165, 1.54) is 12.1 Å². The largest absolute Gasteiger partial charge is 0.396 e. The summed E-state index contributed by atoms with van der Waals surface area (Å²) in [6.45, 7) is 4.98. The van der Waals surface area contributed by atoms with E-state index in [1.54, 1.807) is 6.07 Å². The van der Waals surface area contributed by atoms with Crippen LogP contribution in [0, 0.1) is 11.2 Å². The summed E-state index contributed by atoms with van der Waals surface area (Å²) in [5.41, 5.74) is 0.640. The van der Waals surface area contributed by atoms with Crippen LogP contribution in [-0.2, 0) is 4.74 Å². The van der Waals surface area contributed by atoms with Crippen molar-refractivity contribution in [2.45, 2.75) is 19.8 Å². The highest BCUT2D eigenvalue weighted by Crippen LogP contribution is 2.31. The van der Waals surface area contributed by atoms with Gasteiger partial charge in [-0.25, -0.2) is 4.39 Å². The maximum atomic E-state index is 13.3. The molecule has 1 saturated heterocycles. The molecule has 1 aliphatic rings. The Morgan fingerprint density at radius 3 is 2.89 bits per heavy atom. The van der Waals surface area contributed by atoms with Gasteiger partial charge in [0, 0.05) is 30.8 Å². The van der Waals surface area contributed by atoms with Gasteiger partial charge in [-0.3, -0.25) is 0 Å². The monoisotopic (exact) mass is 267 g/mol. The molecule has 1 unspecified atom stereocenters. The highest BCUT2D eigenvalue weighted by atomic mass is 19.1. The summed E-state index contributed by atoms with van der Waals surface area (Å²) in [5.74, 6) is -0.228. The van der Waals surface area contributed by atoms with Crippen molar-refractivity contribution in [1.82, 2.24) is 0 Å². The second-order valence-corrected chi connectivity index (χ2v) is 5.31. The number of halogens is 1. The Hall–Kier alpha value is -1.13. The Balaban J connectivity index is 2.13. The minimum Gasteiger partial charge on any atom is -0.396 e. The Bertz CT molecular complexity index is 405. The fraction of sp³-hybridized carbons (Fsp3) is 0.600. The van der Waals surface area contributed by atoms with Crippen molar-refractivity contribution >= 4 is 5.69 Å². The van der Waals surface area contributed by atoms with Crippen molar-refractivity contribution < 1.29 is 14.2 Å². The van der Waals surface area contributed by atoms with E-state index in [0.717, 1.165) is 31.7 Å². The van der Waals surface area contributed by atoms with E-state index in [2.05, 4.69) is 4.90 Å². The lowest BCUT2D eigenvalue weighted by molar-refractivity contribution is -0.0335. The lowest BCUT2D eigenvalue weighted by atomic mass is 9.82. The molecule has 0 amide bonds. The second-order valence-electron chi connectivity index (χ2n) is 5.31. The minimum absolute atomic E-state index is 0.110. The molecule has 1 N–H and O–H groups in total. The molecule has 1 aromatic carbocycles. The fourth-order valence-corrected chi connectivity index (χ4v) is 2.67. The highest BCUT2D eigenvalue weighted by Gasteiger charge is 2.34. The van der Waals surface area contributed by atoms with Gasteiger partial charge in [-0.2, -0.15) is 0 Å². The number of rotatable bonds is 5. The van der Waals surface area contributed by atoms with Crippen molar-refractivity contribution in [3.8, 4) is 0 Å². The average Bonchev–Trinajstić information content (AvgIpc) is 2.46. The predicted octanol–water partition coefficient (Wildman–Crippen LogP) is 2.44. The average molecular weight is 267 g/mol. The molecule has 1 aliphatic heterocycles. The van der Waals surface area contributed by atoms with Crippen LogP contribution in [0.3, 0.4) is 0 Å². The number of anilines is 1. The first-order valence-corrected chi connectivity index (χ1v) is 6.88. The van der Waals surface area contributed by atoms with E-state index in [9.17, 15) is 9.50 Å². The molecule has 0 spiro atoms. The van der Waals surface area contributed by atoms with Crippen molar-refractivity contribution in [3.63, 3.8) is 0 Å². The summed E-state index contributed by atoms with van der Waals surface area (Å²) in [7, 11) is 0. The quantitative estimate of drug-likeness (QED) is 0.889. The van der Waals surface area contributed by atoms with Crippen LogP contribution in [0.4, 0.5) is 10.1 Å². The standard InChI is InChI=1S/C15H22FNO2/c1-2-17(14-6-3-5-13(16)9-14)10-15(11-18)7-4-8-19-12-15/h3,5-6,9,18H,2,4,7-8,10-12H2,1H3. The molecule has 19 heavy (non-hydrogen) atoms. The normalized spacial score (nSPS) is 23.3. The van der Waals surface area contributed by atoms with E-state index >= 15 is 0 Å².